The van der Waals surface area contributed by atoms with Gasteiger partial charge in [0.25, 0.3) is 0 Å². The Morgan fingerprint density at radius 1 is 1.06 bits per heavy atom. The van der Waals surface area contributed by atoms with Crippen LogP contribution in [0, 0.1) is 17.5 Å². The van der Waals surface area contributed by atoms with Gasteiger partial charge in [-0.15, -0.1) is 0 Å². The highest BCUT2D eigenvalue weighted by atomic mass is 32.1. The summed E-state index contributed by atoms with van der Waals surface area (Å²) in [6.45, 7) is 3.50. The fourth-order valence-corrected chi connectivity index (χ4v) is 5.79. The molecule has 0 spiro atoms. The van der Waals surface area contributed by atoms with Crippen LogP contribution in [0.2, 0.25) is 0 Å². The Balaban J connectivity index is 1.57. The number of aryl methyl sites for hydroxylation is 1. The zero-order chi connectivity index (χ0) is 22.9. The number of halogens is 3. The molecule has 2 saturated heterocycles. The number of fused-ring (bicyclic) bond motifs is 4. The fourth-order valence-electron chi connectivity index (χ4n) is 5.04. The van der Waals surface area contributed by atoms with Crippen LogP contribution in [0.5, 0.6) is 0 Å². The smallest absolute Gasteiger partial charge is 0.181 e. The lowest BCUT2D eigenvalue weighted by molar-refractivity contribution is 0.464. The Labute approximate surface area is 191 Å². The lowest BCUT2D eigenvalue weighted by atomic mass is 10.0. The molecule has 170 valence electrons. The van der Waals surface area contributed by atoms with E-state index in [1.807, 2.05) is 6.92 Å². The van der Waals surface area contributed by atoms with Gasteiger partial charge in [0.2, 0.25) is 0 Å². The average molecular weight is 471 g/mol. The molecule has 4 heterocycles. The van der Waals surface area contributed by atoms with Gasteiger partial charge in [0.15, 0.2) is 10.9 Å². The molecule has 2 bridgehead atoms. The van der Waals surface area contributed by atoms with Crippen molar-refractivity contribution in [2.75, 3.05) is 23.7 Å². The molecular weight excluding hydrogens is 449 g/mol. The molecule has 33 heavy (non-hydrogen) atoms. The van der Waals surface area contributed by atoms with E-state index in [0.717, 1.165) is 43.3 Å². The summed E-state index contributed by atoms with van der Waals surface area (Å²) in [5, 5.41) is 4.25. The van der Waals surface area contributed by atoms with Gasteiger partial charge in [-0.3, -0.25) is 0 Å². The zero-order valence-corrected chi connectivity index (χ0v) is 18.6. The van der Waals surface area contributed by atoms with E-state index >= 15 is 4.39 Å². The van der Waals surface area contributed by atoms with Gasteiger partial charge in [0.05, 0.1) is 10.2 Å². The van der Waals surface area contributed by atoms with E-state index in [4.69, 9.17) is 10.7 Å². The molecule has 0 aliphatic carbocycles. The minimum Gasteiger partial charge on any atom is -0.375 e. The number of piperazine rings is 1. The molecule has 2 unspecified atom stereocenters. The van der Waals surface area contributed by atoms with E-state index < -0.39 is 17.5 Å². The van der Waals surface area contributed by atoms with Crippen molar-refractivity contribution in [3.63, 3.8) is 0 Å². The van der Waals surface area contributed by atoms with Crippen LogP contribution in [0.25, 0.3) is 32.2 Å². The molecule has 6 rings (SSSR count). The van der Waals surface area contributed by atoms with Crippen LogP contribution in [0.15, 0.2) is 18.2 Å². The minimum absolute atomic E-state index is 0.0110. The number of nitrogens with one attached hydrogen (secondary N) is 1. The molecule has 2 aromatic heterocycles. The van der Waals surface area contributed by atoms with E-state index in [2.05, 4.69) is 20.2 Å². The van der Waals surface area contributed by atoms with Crippen molar-refractivity contribution in [2.45, 2.75) is 38.3 Å². The van der Waals surface area contributed by atoms with Gasteiger partial charge in [-0.05, 0) is 18.9 Å². The Morgan fingerprint density at radius 2 is 1.82 bits per heavy atom. The van der Waals surface area contributed by atoms with Crippen molar-refractivity contribution in [3.05, 3.63) is 41.5 Å². The number of nitrogens with two attached hydrogens (primary N) is 1. The molecule has 0 saturated carbocycles. The molecule has 6 nitrogen and oxygen atoms in total. The zero-order valence-electron chi connectivity index (χ0n) is 17.8. The molecule has 0 amide bonds. The van der Waals surface area contributed by atoms with Crippen LogP contribution in [-0.4, -0.2) is 40.1 Å². The topological polar surface area (TPSA) is 80.0 Å². The predicted octanol–water partition coefficient (Wildman–Crippen LogP) is 4.41. The number of benzene rings is 2. The molecule has 4 aromatic rings. The van der Waals surface area contributed by atoms with E-state index in [-0.39, 0.29) is 32.0 Å². The quantitative estimate of drug-likeness (QED) is 0.462. The molecule has 10 heteroatoms. The van der Waals surface area contributed by atoms with Crippen LogP contribution >= 0.6 is 11.3 Å². The normalized spacial score (nSPS) is 20.3. The number of aromatic nitrogens is 3. The van der Waals surface area contributed by atoms with Crippen molar-refractivity contribution >= 4 is 43.4 Å². The standard InChI is InChI=1S/C23H21F3N6S/c1-2-16-29-19-13(22(30-16)32-8-10-3-4-11(9-32)28-10)6-5-12(18(19)26)17-14(24)7-15(25)21-20(17)31-23(27)33-21/h5-7,10-11,28H,2-4,8-9H2,1H3,(H2,27,31). The molecule has 2 aliphatic heterocycles. The molecule has 3 N–H and O–H groups in total. The van der Waals surface area contributed by atoms with Crippen LogP contribution < -0.4 is 16.0 Å². The number of hydrogen-bond acceptors (Lipinski definition) is 7. The third-order valence-corrected chi connectivity index (χ3v) is 7.42. The molecular formula is C23H21F3N6S. The average Bonchev–Trinajstić information content (AvgIpc) is 3.35. The number of nitrogens with zero attached hydrogens (tertiary/aromatic N) is 4. The monoisotopic (exact) mass is 470 g/mol. The lowest BCUT2D eigenvalue weighted by Crippen LogP contribution is -2.51. The Morgan fingerprint density at radius 3 is 2.55 bits per heavy atom. The van der Waals surface area contributed by atoms with Gasteiger partial charge in [0, 0.05) is 54.2 Å². The fraction of sp³-hybridized carbons (Fsp3) is 0.348. The van der Waals surface area contributed by atoms with Gasteiger partial charge in [-0.25, -0.2) is 28.1 Å². The van der Waals surface area contributed by atoms with Crippen molar-refractivity contribution in [1.29, 1.82) is 0 Å². The summed E-state index contributed by atoms with van der Waals surface area (Å²) >= 11 is 0.904. The minimum atomic E-state index is -0.896. The summed E-state index contributed by atoms with van der Waals surface area (Å²) < 4.78 is 45.3. The first-order valence-corrected chi connectivity index (χ1v) is 11.8. The van der Waals surface area contributed by atoms with Crippen molar-refractivity contribution < 1.29 is 13.2 Å². The van der Waals surface area contributed by atoms with Crippen LogP contribution in [0.4, 0.5) is 24.1 Å². The maximum absolute atomic E-state index is 16.0. The summed E-state index contributed by atoms with van der Waals surface area (Å²) in [4.78, 5) is 15.5. The highest BCUT2D eigenvalue weighted by Crippen LogP contribution is 2.40. The largest absolute Gasteiger partial charge is 0.375 e. The maximum Gasteiger partial charge on any atom is 0.181 e. The first-order chi connectivity index (χ1) is 15.9. The molecule has 2 atom stereocenters. The van der Waals surface area contributed by atoms with Gasteiger partial charge >= 0.3 is 0 Å². The van der Waals surface area contributed by atoms with Crippen molar-refractivity contribution in [3.8, 4) is 11.1 Å². The van der Waals surface area contributed by atoms with Crippen LogP contribution in [0.1, 0.15) is 25.6 Å². The van der Waals surface area contributed by atoms with E-state index in [1.165, 1.54) is 6.07 Å². The molecule has 0 radical (unpaired) electrons. The van der Waals surface area contributed by atoms with E-state index in [1.54, 1.807) is 6.07 Å². The summed E-state index contributed by atoms with van der Waals surface area (Å²) in [7, 11) is 0. The van der Waals surface area contributed by atoms with Gasteiger partial charge in [-0.1, -0.05) is 24.3 Å². The molecule has 2 aliphatic rings. The number of anilines is 2. The summed E-state index contributed by atoms with van der Waals surface area (Å²) in [5.41, 5.74) is 5.74. The second-order valence-electron chi connectivity index (χ2n) is 8.63. The summed E-state index contributed by atoms with van der Waals surface area (Å²) in [5.74, 6) is -1.13. The van der Waals surface area contributed by atoms with Crippen LogP contribution in [-0.2, 0) is 6.42 Å². The number of nitrogen functional groups attached to an aromatic ring is 1. The number of thiazole rings is 1. The third-order valence-electron chi connectivity index (χ3n) is 6.52. The van der Waals surface area contributed by atoms with Gasteiger partial charge in [0.1, 0.15) is 28.8 Å². The van der Waals surface area contributed by atoms with E-state index in [0.29, 0.717) is 35.5 Å². The Hall–Kier alpha value is -2.98. The second-order valence-corrected chi connectivity index (χ2v) is 9.66. The highest BCUT2D eigenvalue weighted by molar-refractivity contribution is 7.22. The van der Waals surface area contributed by atoms with Crippen molar-refractivity contribution in [2.24, 2.45) is 0 Å². The first-order valence-electron chi connectivity index (χ1n) is 11.0. The SMILES string of the molecule is CCc1nc(N2CC3CCC(C2)N3)c2ccc(-c3c(F)cc(F)c4sc(N)nc34)c(F)c2n1. The Kier molecular flexibility index (Phi) is 4.70. The highest BCUT2D eigenvalue weighted by Gasteiger charge is 2.34. The van der Waals surface area contributed by atoms with Crippen LogP contribution in [0.3, 0.4) is 0 Å². The maximum atomic E-state index is 16.0. The van der Waals surface area contributed by atoms with Crippen molar-refractivity contribution in [1.82, 2.24) is 20.3 Å². The lowest BCUT2D eigenvalue weighted by Gasteiger charge is -2.34. The number of hydrogen-bond donors (Lipinski definition) is 2. The second kappa shape index (κ2) is 7.53. The molecule has 2 fully saturated rings. The first kappa shape index (κ1) is 20.6. The molecule has 2 aromatic carbocycles. The Bertz CT molecular complexity index is 1410. The van der Waals surface area contributed by atoms with E-state index in [9.17, 15) is 8.78 Å². The third kappa shape index (κ3) is 3.23. The van der Waals surface area contributed by atoms with Gasteiger partial charge < -0.3 is 16.0 Å². The summed E-state index contributed by atoms with van der Waals surface area (Å²) in [6, 6.07) is 4.74. The summed E-state index contributed by atoms with van der Waals surface area (Å²) in [6.07, 6.45) is 2.75. The number of rotatable bonds is 3. The predicted molar refractivity (Wildman–Crippen MR) is 124 cm³/mol. The van der Waals surface area contributed by atoms with Gasteiger partial charge in [-0.2, -0.15) is 0 Å².